The van der Waals surface area contributed by atoms with Gasteiger partial charge in [0.05, 0.1) is 6.42 Å². The predicted molar refractivity (Wildman–Crippen MR) is 119 cm³/mol. The van der Waals surface area contributed by atoms with Crippen LogP contribution in [0.5, 0.6) is 0 Å². The molecule has 2 aromatic carbocycles. The van der Waals surface area contributed by atoms with Crippen molar-refractivity contribution >= 4 is 11.8 Å². The normalized spacial score (nSPS) is 11.8. The molecule has 0 fully saturated rings. The van der Waals surface area contributed by atoms with Crippen molar-refractivity contribution in [3.8, 4) is 0 Å². The van der Waals surface area contributed by atoms with Crippen molar-refractivity contribution < 1.29 is 9.59 Å². The van der Waals surface area contributed by atoms with Crippen LogP contribution in [0.2, 0.25) is 0 Å². The Morgan fingerprint density at radius 3 is 2.38 bits per heavy atom. The maximum Gasteiger partial charge on any atom is 0.242 e. The Morgan fingerprint density at radius 1 is 1.00 bits per heavy atom. The van der Waals surface area contributed by atoms with Gasteiger partial charge in [-0.25, -0.2) is 0 Å². The van der Waals surface area contributed by atoms with Crippen molar-refractivity contribution in [1.82, 2.24) is 10.2 Å². The summed E-state index contributed by atoms with van der Waals surface area (Å²) in [5.74, 6) is -0.0879. The highest BCUT2D eigenvalue weighted by Gasteiger charge is 2.28. The van der Waals surface area contributed by atoms with E-state index in [1.807, 2.05) is 58.9 Å². The van der Waals surface area contributed by atoms with Crippen molar-refractivity contribution in [1.29, 1.82) is 0 Å². The molecule has 1 N–H and O–H groups in total. The number of nitrogens with zero attached hydrogens (tertiary/aromatic N) is 1. The zero-order chi connectivity index (χ0) is 21.4. The second-order valence-electron chi connectivity index (χ2n) is 7.83. The molecular weight excluding hydrogens is 360 g/mol. The number of hydrogen-bond donors (Lipinski definition) is 1. The van der Waals surface area contributed by atoms with Gasteiger partial charge in [0.15, 0.2) is 0 Å². The summed E-state index contributed by atoms with van der Waals surface area (Å²) in [6.07, 6.45) is 1.76. The average Bonchev–Trinajstić information content (AvgIpc) is 2.69. The van der Waals surface area contributed by atoms with Crippen LogP contribution in [-0.2, 0) is 22.6 Å². The van der Waals surface area contributed by atoms with Gasteiger partial charge in [-0.05, 0) is 50.3 Å². The van der Waals surface area contributed by atoms with Crippen molar-refractivity contribution in [2.24, 2.45) is 0 Å². The van der Waals surface area contributed by atoms with E-state index in [9.17, 15) is 9.59 Å². The Balaban J connectivity index is 2.32. The number of aryl methyl sites for hydroxylation is 3. The van der Waals surface area contributed by atoms with Crippen LogP contribution in [0.4, 0.5) is 0 Å². The molecular formula is C25H34N2O2. The molecule has 2 rings (SSSR count). The Bertz CT molecular complexity index is 844. The van der Waals surface area contributed by atoms with Crippen molar-refractivity contribution in [2.45, 2.75) is 66.5 Å². The largest absolute Gasteiger partial charge is 0.354 e. The Morgan fingerprint density at radius 2 is 1.72 bits per heavy atom. The second-order valence-corrected chi connectivity index (χ2v) is 7.83. The molecule has 0 aliphatic rings. The van der Waals surface area contributed by atoms with E-state index < -0.39 is 6.04 Å². The summed E-state index contributed by atoms with van der Waals surface area (Å²) in [6.45, 7) is 11.1. The van der Waals surface area contributed by atoms with Crippen molar-refractivity contribution in [3.63, 3.8) is 0 Å². The molecule has 0 aromatic heterocycles. The van der Waals surface area contributed by atoms with E-state index in [0.29, 0.717) is 25.9 Å². The molecule has 156 valence electrons. The van der Waals surface area contributed by atoms with Crippen LogP contribution < -0.4 is 5.32 Å². The van der Waals surface area contributed by atoms with Gasteiger partial charge < -0.3 is 10.2 Å². The molecule has 2 amide bonds. The minimum atomic E-state index is -0.473. The maximum atomic E-state index is 13.4. The number of benzene rings is 2. The Labute approximate surface area is 175 Å². The van der Waals surface area contributed by atoms with Gasteiger partial charge in [0.25, 0.3) is 0 Å². The number of amides is 2. The van der Waals surface area contributed by atoms with Gasteiger partial charge in [0, 0.05) is 13.1 Å². The molecule has 0 heterocycles. The first-order valence-electron chi connectivity index (χ1n) is 10.5. The third kappa shape index (κ3) is 6.45. The van der Waals surface area contributed by atoms with Crippen molar-refractivity contribution in [2.75, 3.05) is 6.54 Å². The lowest BCUT2D eigenvalue weighted by molar-refractivity contribution is -0.140. The van der Waals surface area contributed by atoms with Crippen LogP contribution in [0.15, 0.2) is 42.5 Å². The van der Waals surface area contributed by atoms with Crippen LogP contribution >= 0.6 is 0 Å². The summed E-state index contributed by atoms with van der Waals surface area (Å²) in [5, 5.41) is 2.97. The fourth-order valence-corrected chi connectivity index (χ4v) is 3.55. The lowest BCUT2D eigenvalue weighted by Gasteiger charge is -2.31. The van der Waals surface area contributed by atoms with Gasteiger partial charge in [-0.3, -0.25) is 9.59 Å². The summed E-state index contributed by atoms with van der Waals surface area (Å²) >= 11 is 0. The topological polar surface area (TPSA) is 49.4 Å². The lowest BCUT2D eigenvalue weighted by atomic mass is 10.0. The van der Waals surface area contributed by atoms with E-state index in [4.69, 9.17) is 0 Å². The summed E-state index contributed by atoms with van der Waals surface area (Å²) < 4.78 is 0. The van der Waals surface area contributed by atoms with E-state index in [0.717, 1.165) is 34.2 Å². The van der Waals surface area contributed by atoms with Crippen LogP contribution in [0.25, 0.3) is 0 Å². The van der Waals surface area contributed by atoms with Gasteiger partial charge >= 0.3 is 0 Å². The van der Waals surface area contributed by atoms with Crippen LogP contribution in [-0.4, -0.2) is 29.3 Å². The molecule has 0 unspecified atom stereocenters. The first-order valence-corrected chi connectivity index (χ1v) is 10.5. The molecule has 0 saturated carbocycles. The molecule has 4 heteroatoms. The van der Waals surface area contributed by atoms with Gasteiger partial charge in [-0.2, -0.15) is 0 Å². The molecule has 0 radical (unpaired) electrons. The summed E-state index contributed by atoms with van der Waals surface area (Å²) in [5.41, 5.74) is 5.45. The highest BCUT2D eigenvalue weighted by molar-refractivity contribution is 5.88. The molecule has 1 atom stereocenters. The van der Waals surface area contributed by atoms with Gasteiger partial charge in [-0.1, -0.05) is 67.4 Å². The predicted octanol–water partition coefficient (Wildman–Crippen LogP) is 4.49. The zero-order valence-corrected chi connectivity index (χ0v) is 18.4. The quantitative estimate of drug-likeness (QED) is 0.681. The average molecular weight is 395 g/mol. The monoisotopic (exact) mass is 394 g/mol. The van der Waals surface area contributed by atoms with E-state index in [1.54, 1.807) is 4.90 Å². The van der Waals surface area contributed by atoms with Crippen LogP contribution in [0.1, 0.15) is 54.5 Å². The first kappa shape index (κ1) is 22.7. The maximum absolute atomic E-state index is 13.4. The highest BCUT2D eigenvalue weighted by atomic mass is 16.2. The van der Waals surface area contributed by atoms with E-state index in [1.165, 1.54) is 0 Å². The molecule has 4 nitrogen and oxygen atoms in total. The third-order valence-corrected chi connectivity index (χ3v) is 5.22. The molecule has 2 aromatic rings. The minimum Gasteiger partial charge on any atom is -0.354 e. The second kappa shape index (κ2) is 10.8. The summed E-state index contributed by atoms with van der Waals surface area (Å²) in [7, 11) is 0. The Hall–Kier alpha value is -2.62. The van der Waals surface area contributed by atoms with Crippen LogP contribution in [0, 0.1) is 20.8 Å². The van der Waals surface area contributed by atoms with E-state index in [-0.39, 0.29) is 11.8 Å². The zero-order valence-electron chi connectivity index (χ0n) is 18.4. The number of hydrogen-bond acceptors (Lipinski definition) is 2. The fourth-order valence-electron chi connectivity index (χ4n) is 3.55. The molecule has 0 bridgehead atoms. The molecule has 0 aliphatic carbocycles. The minimum absolute atomic E-state index is 0.0151. The van der Waals surface area contributed by atoms with Gasteiger partial charge in [0.1, 0.15) is 6.04 Å². The van der Waals surface area contributed by atoms with Gasteiger partial charge in [-0.15, -0.1) is 0 Å². The molecule has 0 spiro atoms. The molecule has 29 heavy (non-hydrogen) atoms. The summed E-state index contributed by atoms with van der Waals surface area (Å²) in [6, 6.07) is 13.8. The Kier molecular flexibility index (Phi) is 8.44. The fraction of sp³-hybridized carbons (Fsp3) is 0.440. The number of carbonyl (C=O) groups is 2. The SMILES string of the molecule is CCCNC(=O)[C@@H](CC)N(Cc1cccc(C)c1)C(=O)Cc1cc(C)ccc1C. The summed E-state index contributed by atoms with van der Waals surface area (Å²) in [4.78, 5) is 27.9. The lowest BCUT2D eigenvalue weighted by Crippen LogP contribution is -2.49. The first-order chi connectivity index (χ1) is 13.8. The van der Waals surface area contributed by atoms with Crippen LogP contribution in [0.3, 0.4) is 0 Å². The van der Waals surface area contributed by atoms with E-state index in [2.05, 4.69) is 23.5 Å². The van der Waals surface area contributed by atoms with E-state index >= 15 is 0 Å². The van der Waals surface area contributed by atoms with Crippen molar-refractivity contribution in [3.05, 3.63) is 70.3 Å². The third-order valence-electron chi connectivity index (χ3n) is 5.22. The number of rotatable bonds is 9. The number of nitrogens with one attached hydrogen (secondary N) is 1. The highest BCUT2D eigenvalue weighted by Crippen LogP contribution is 2.18. The molecule has 0 aliphatic heterocycles. The number of carbonyl (C=O) groups excluding carboxylic acids is 2. The standard InChI is InChI=1S/C25H34N2O2/c1-6-13-26-25(29)23(7-2)27(17-21-10-8-9-18(3)14-21)24(28)16-22-15-19(4)11-12-20(22)5/h8-12,14-15,23H,6-7,13,16-17H2,1-5H3,(H,26,29)/t23-/m1/s1. The molecule has 0 saturated heterocycles. The van der Waals surface area contributed by atoms with Gasteiger partial charge in [0.2, 0.25) is 11.8 Å². The smallest absolute Gasteiger partial charge is 0.242 e.